The highest BCUT2D eigenvalue weighted by molar-refractivity contribution is 5.82. The third kappa shape index (κ3) is 3.69. The summed E-state index contributed by atoms with van der Waals surface area (Å²) in [6.45, 7) is 6.45. The van der Waals surface area contributed by atoms with Gasteiger partial charge in [0, 0.05) is 12.0 Å². The van der Waals surface area contributed by atoms with Gasteiger partial charge in [-0.05, 0) is 44.7 Å². The Kier molecular flexibility index (Phi) is 4.51. The lowest BCUT2D eigenvalue weighted by Crippen LogP contribution is -2.51. The summed E-state index contributed by atoms with van der Waals surface area (Å²) in [7, 11) is 0. The summed E-state index contributed by atoms with van der Waals surface area (Å²) >= 11 is 0. The average molecular weight is 268 g/mol. The lowest BCUT2D eigenvalue weighted by Gasteiger charge is -2.38. The fourth-order valence-electron chi connectivity index (χ4n) is 3.46. The van der Waals surface area contributed by atoms with Crippen molar-refractivity contribution in [1.29, 1.82) is 0 Å². The second-order valence-electron chi connectivity index (χ2n) is 6.92. The number of hydrogen-bond acceptors (Lipinski definition) is 3. The van der Waals surface area contributed by atoms with Crippen molar-refractivity contribution in [2.45, 2.75) is 58.0 Å². The minimum absolute atomic E-state index is 0.112. The van der Waals surface area contributed by atoms with Crippen LogP contribution < -0.4 is 10.6 Å². The lowest BCUT2D eigenvalue weighted by atomic mass is 9.77. The van der Waals surface area contributed by atoms with Gasteiger partial charge in [-0.3, -0.25) is 4.79 Å². The maximum absolute atomic E-state index is 12.3. The molecule has 4 nitrogen and oxygen atoms in total. The van der Waals surface area contributed by atoms with Gasteiger partial charge >= 0.3 is 0 Å². The Morgan fingerprint density at radius 2 is 2.05 bits per heavy atom. The van der Waals surface area contributed by atoms with E-state index in [-0.39, 0.29) is 11.3 Å². The van der Waals surface area contributed by atoms with Crippen molar-refractivity contribution in [2.75, 3.05) is 19.6 Å². The molecule has 2 aliphatic rings. The van der Waals surface area contributed by atoms with Gasteiger partial charge in [0.1, 0.15) is 0 Å². The van der Waals surface area contributed by atoms with Crippen LogP contribution in [0.4, 0.5) is 0 Å². The van der Waals surface area contributed by atoms with Crippen LogP contribution in [0.1, 0.15) is 52.4 Å². The summed E-state index contributed by atoms with van der Waals surface area (Å²) in [4.78, 5) is 12.3. The van der Waals surface area contributed by atoms with E-state index in [0.29, 0.717) is 12.5 Å². The van der Waals surface area contributed by atoms with Crippen LogP contribution in [-0.2, 0) is 4.79 Å². The molecule has 0 bridgehead atoms. The predicted octanol–water partition coefficient (Wildman–Crippen LogP) is 1.43. The third-order valence-electron chi connectivity index (χ3n) is 4.90. The lowest BCUT2D eigenvalue weighted by molar-refractivity contribution is -0.133. The zero-order valence-electron chi connectivity index (χ0n) is 12.3. The molecule has 1 saturated carbocycles. The number of nitrogens with one attached hydrogen (secondary N) is 2. The summed E-state index contributed by atoms with van der Waals surface area (Å²) in [5.74, 6) is 0.672. The molecule has 3 N–H and O–H groups in total. The van der Waals surface area contributed by atoms with E-state index >= 15 is 0 Å². The van der Waals surface area contributed by atoms with E-state index in [1.54, 1.807) is 0 Å². The van der Waals surface area contributed by atoms with E-state index in [0.717, 1.165) is 45.2 Å². The van der Waals surface area contributed by atoms with E-state index < -0.39 is 5.60 Å². The van der Waals surface area contributed by atoms with E-state index in [4.69, 9.17) is 0 Å². The predicted molar refractivity (Wildman–Crippen MR) is 75.8 cm³/mol. The zero-order valence-corrected chi connectivity index (χ0v) is 12.3. The molecule has 0 aromatic rings. The Hall–Kier alpha value is -0.610. The molecule has 2 rings (SSSR count). The standard InChI is InChI=1S/C15H28N2O2/c1-12-4-3-5-15(19,10-12)11-17-13(18)14(2)6-8-16-9-7-14/h12,16,19H,3-11H2,1-2H3,(H,17,18). The molecule has 1 amide bonds. The normalized spacial score (nSPS) is 34.8. The molecule has 0 aromatic heterocycles. The number of carbonyl (C=O) groups excluding carboxylic acids is 1. The molecule has 4 heteroatoms. The van der Waals surface area contributed by atoms with Crippen molar-refractivity contribution in [2.24, 2.45) is 11.3 Å². The van der Waals surface area contributed by atoms with E-state index in [1.165, 1.54) is 6.42 Å². The quantitative estimate of drug-likeness (QED) is 0.726. The molecule has 110 valence electrons. The average Bonchev–Trinajstić information content (AvgIpc) is 2.36. The molecule has 1 aliphatic carbocycles. The molecule has 2 atom stereocenters. The van der Waals surface area contributed by atoms with Gasteiger partial charge in [0.15, 0.2) is 0 Å². The number of piperidine rings is 1. The first-order valence-electron chi connectivity index (χ1n) is 7.65. The molecule has 0 aromatic carbocycles. The monoisotopic (exact) mass is 268 g/mol. The number of amides is 1. The first kappa shape index (κ1) is 14.8. The van der Waals surface area contributed by atoms with Crippen LogP contribution in [0.25, 0.3) is 0 Å². The van der Waals surface area contributed by atoms with Crippen LogP contribution >= 0.6 is 0 Å². The topological polar surface area (TPSA) is 61.4 Å². The van der Waals surface area contributed by atoms with Gasteiger partial charge in [0.05, 0.1) is 5.60 Å². The Morgan fingerprint density at radius 3 is 2.68 bits per heavy atom. The van der Waals surface area contributed by atoms with Crippen LogP contribution in [0, 0.1) is 11.3 Å². The van der Waals surface area contributed by atoms with Gasteiger partial charge < -0.3 is 15.7 Å². The van der Waals surface area contributed by atoms with Crippen LogP contribution in [0.15, 0.2) is 0 Å². The van der Waals surface area contributed by atoms with E-state index in [2.05, 4.69) is 17.6 Å². The summed E-state index contributed by atoms with van der Waals surface area (Å²) in [5.41, 5.74) is -0.946. The summed E-state index contributed by atoms with van der Waals surface area (Å²) in [6.07, 6.45) is 5.65. The Bertz CT molecular complexity index is 326. The van der Waals surface area contributed by atoms with Gasteiger partial charge in [-0.2, -0.15) is 0 Å². The summed E-state index contributed by atoms with van der Waals surface area (Å²) < 4.78 is 0. The van der Waals surface area contributed by atoms with E-state index in [9.17, 15) is 9.90 Å². The molecule has 2 fully saturated rings. The second-order valence-corrected chi connectivity index (χ2v) is 6.92. The number of hydrogen-bond donors (Lipinski definition) is 3. The molecule has 1 aliphatic heterocycles. The van der Waals surface area contributed by atoms with Crippen molar-refractivity contribution in [3.05, 3.63) is 0 Å². The third-order valence-corrected chi connectivity index (χ3v) is 4.90. The van der Waals surface area contributed by atoms with Crippen LogP contribution in [-0.4, -0.2) is 36.2 Å². The van der Waals surface area contributed by atoms with Crippen molar-refractivity contribution in [3.8, 4) is 0 Å². The number of aliphatic hydroxyl groups is 1. The molecular weight excluding hydrogens is 240 g/mol. The van der Waals surface area contributed by atoms with Gasteiger partial charge in [-0.25, -0.2) is 0 Å². The molecule has 0 radical (unpaired) electrons. The fourth-order valence-corrected chi connectivity index (χ4v) is 3.46. The van der Waals surface area contributed by atoms with Crippen LogP contribution in [0.3, 0.4) is 0 Å². The molecule has 2 unspecified atom stereocenters. The van der Waals surface area contributed by atoms with E-state index in [1.807, 2.05) is 6.92 Å². The van der Waals surface area contributed by atoms with Gasteiger partial charge in [0.25, 0.3) is 0 Å². The molecule has 0 spiro atoms. The maximum atomic E-state index is 12.3. The first-order chi connectivity index (χ1) is 8.94. The van der Waals surface area contributed by atoms with Crippen molar-refractivity contribution >= 4 is 5.91 Å². The SMILES string of the molecule is CC1CCCC(O)(CNC(=O)C2(C)CCNCC2)C1. The van der Waals surface area contributed by atoms with Crippen LogP contribution in [0.2, 0.25) is 0 Å². The maximum Gasteiger partial charge on any atom is 0.226 e. The first-order valence-corrected chi connectivity index (χ1v) is 7.65. The highest BCUT2D eigenvalue weighted by Crippen LogP contribution is 2.32. The second kappa shape index (κ2) is 5.80. The molecule has 1 saturated heterocycles. The smallest absolute Gasteiger partial charge is 0.226 e. The number of carbonyl (C=O) groups is 1. The summed E-state index contributed by atoms with van der Waals surface area (Å²) in [6, 6.07) is 0. The van der Waals surface area contributed by atoms with Crippen molar-refractivity contribution in [3.63, 3.8) is 0 Å². The Balaban J connectivity index is 1.85. The van der Waals surface area contributed by atoms with Gasteiger partial charge in [-0.15, -0.1) is 0 Å². The Labute approximate surface area is 116 Å². The largest absolute Gasteiger partial charge is 0.388 e. The summed E-state index contributed by atoms with van der Waals surface area (Å²) in [5, 5.41) is 16.8. The van der Waals surface area contributed by atoms with Gasteiger partial charge in [-0.1, -0.05) is 26.7 Å². The molecule has 1 heterocycles. The highest BCUT2D eigenvalue weighted by Gasteiger charge is 2.37. The van der Waals surface area contributed by atoms with Gasteiger partial charge in [0.2, 0.25) is 5.91 Å². The van der Waals surface area contributed by atoms with Crippen molar-refractivity contribution < 1.29 is 9.90 Å². The Morgan fingerprint density at radius 1 is 1.37 bits per heavy atom. The van der Waals surface area contributed by atoms with Crippen LogP contribution in [0.5, 0.6) is 0 Å². The fraction of sp³-hybridized carbons (Fsp3) is 0.933. The highest BCUT2D eigenvalue weighted by atomic mass is 16.3. The minimum atomic E-state index is -0.684. The van der Waals surface area contributed by atoms with Crippen molar-refractivity contribution in [1.82, 2.24) is 10.6 Å². The molecule has 19 heavy (non-hydrogen) atoms. The molecular formula is C15H28N2O2. The number of rotatable bonds is 3. The minimum Gasteiger partial charge on any atom is -0.388 e. The zero-order chi connectivity index (χ0) is 13.9.